The molecule has 2 amide bonds. The minimum absolute atomic E-state index is 0.0170. The van der Waals surface area contributed by atoms with Crippen LogP contribution in [0.5, 0.6) is 5.75 Å². The second kappa shape index (κ2) is 8.55. The number of thiocarbonyl (C=S) groups is 1. The van der Waals surface area contributed by atoms with Gasteiger partial charge in [-0.25, -0.2) is 0 Å². The fourth-order valence-corrected chi connectivity index (χ4v) is 4.30. The molecule has 8 heteroatoms. The largest absolute Gasteiger partial charge is 0.487 e. The summed E-state index contributed by atoms with van der Waals surface area (Å²) in [6.07, 6.45) is 1.52. The summed E-state index contributed by atoms with van der Waals surface area (Å²) in [7, 11) is 1.52. The zero-order chi connectivity index (χ0) is 20.4. The summed E-state index contributed by atoms with van der Waals surface area (Å²) >= 11 is 12.0. The highest BCUT2D eigenvalue weighted by Crippen LogP contribution is 2.36. The molecule has 0 spiro atoms. The predicted octanol–water partition coefficient (Wildman–Crippen LogP) is 4.36. The van der Waals surface area contributed by atoms with E-state index in [0.29, 0.717) is 26.9 Å². The summed E-state index contributed by atoms with van der Waals surface area (Å²) in [5.74, 6) is -0.317. The molecule has 2 aromatic carbocycles. The molecule has 0 unspecified atom stereocenters. The number of rotatable bonds is 4. The lowest BCUT2D eigenvalue weighted by Gasteiger charge is -2.25. The number of likely N-dealkylation sites (N-methyl/N-ethyl adjacent to an activating group) is 1. The standard InChI is InChI=1S/C20H16Br2N2O3S/c1-11-4-3-5-12(6-11)10-27-17-15(21)8-13(9-16(17)22)7-14-18(25)23-20(28)24(2)19(14)26/h3-9H,10H2,1-2H3,(H,23,25,28)/b14-7+. The van der Waals surface area contributed by atoms with Crippen LogP contribution in [0.15, 0.2) is 50.9 Å². The van der Waals surface area contributed by atoms with E-state index < -0.39 is 11.8 Å². The van der Waals surface area contributed by atoms with Crippen LogP contribution in [-0.4, -0.2) is 28.9 Å². The average molecular weight is 524 g/mol. The van der Waals surface area contributed by atoms with Crippen LogP contribution in [0.3, 0.4) is 0 Å². The molecular weight excluding hydrogens is 508 g/mol. The van der Waals surface area contributed by atoms with Crippen molar-refractivity contribution < 1.29 is 14.3 Å². The van der Waals surface area contributed by atoms with Crippen molar-refractivity contribution in [3.8, 4) is 5.75 Å². The minimum atomic E-state index is -0.514. The number of carbonyl (C=O) groups is 2. The third kappa shape index (κ3) is 4.51. The molecule has 3 rings (SSSR count). The maximum absolute atomic E-state index is 12.3. The van der Waals surface area contributed by atoms with Crippen molar-refractivity contribution in [1.29, 1.82) is 0 Å². The smallest absolute Gasteiger partial charge is 0.265 e. The van der Waals surface area contributed by atoms with Gasteiger partial charge >= 0.3 is 0 Å². The Morgan fingerprint density at radius 2 is 1.86 bits per heavy atom. The molecule has 144 valence electrons. The van der Waals surface area contributed by atoms with Crippen LogP contribution in [-0.2, 0) is 16.2 Å². The molecule has 5 nitrogen and oxygen atoms in total. The lowest BCUT2D eigenvalue weighted by atomic mass is 10.1. The van der Waals surface area contributed by atoms with E-state index in [9.17, 15) is 9.59 Å². The van der Waals surface area contributed by atoms with E-state index in [2.05, 4.69) is 43.2 Å². The number of carbonyl (C=O) groups excluding carboxylic acids is 2. The first-order chi connectivity index (χ1) is 13.3. The molecule has 0 bridgehead atoms. The van der Waals surface area contributed by atoms with Crippen LogP contribution < -0.4 is 10.1 Å². The first-order valence-electron chi connectivity index (χ1n) is 8.28. The highest BCUT2D eigenvalue weighted by Gasteiger charge is 2.30. The number of hydrogen-bond acceptors (Lipinski definition) is 4. The number of aryl methyl sites for hydroxylation is 1. The van der Waals surface area contributed by atoms with Crippen molar-refractivity contribution in [3.05, 3.63) is 67.6 Å². The van der Waals surface area contributed by atoms with E-state index in [1.807, 2.05) is 25.1 Å². The Morgan fingerprint density at radius 1 is 1.18 bits per heavy atom. The third-order valence-corrected chi connectivity index (χ3v) is 5.66. The van der Waals surface area contributed by atoms with E-state index in [-0.39, 0.29) is 10.7 Å². The Labute approximate surface area is 185 Å². The van der Waals surface area contributed by atoms with Gasteiger partial charge in [0.05, 0.1) is 8.95 Å². The molecule has 1 saturated heterocycles. The Balaban J connectivity index is 1.84. The molecule has 28 heavy (non-hydrogen) atoms. The van der Waals surface area contributed by atoms with Gasteiger partial charge in [0.2, 0.25) is 0 Å². The molecule has 1 aliphatic rings. The van der Waals surface area contributed by atoms with E-state index in [1.54, 1.807) is 12.1 Å². The van der Waals surface area contributed by atoms with Crippen LogP contribution >= 0.6 is 44.1 Å². The van der Waals surface area contributed by atoms with Crippen molar-refractivity contribution >= 4 is 67.1 Å². The molecule has 1 fully saturated rings. The van der Waals surface area contributed by atoms with Crippen LogP contribution in [0.1, 0.15) is 16.7 Å². The molecule has 0 radical (unpaired) electrons. The van der Waals surface area contributed by atoms with Crippen molar-refractivity contribution in [3.63, 3.8) is 0 Å². The quantitative estimate of drug-likeness (QED) is 0.367. The summed E-state index contributed by atoms with van der Waals surface area (Å²) in [5, 5.41) is 2.59. The lowest BCUT2D eigenvalue weighted by Crippen LogP contribution is -2.52. The van der Waals surface area contributed by atoms with Gasteiger partial charge in [0.15, 0.2) is 5.11 Å². The Morgan fingerprint density at radius 3 is 2.50 bits per heavy atom. The van der Waals surface area contributed by atoms with E-state index in [0.717, 1.165) is 5.56 Å². The van der Waals surface area contributed by atoms with Gasteiger partial charge in [-0.3, -0.25) is 19.8 Å². The third-order valence-electron chi connectivity index (χ3n) is 4.10. The summed E-state index contributed by atoms with van der Waals surface area (Å²) in [4.78, 5) is 25.7. The first kappa shape index (κ1) is 20.7. The fourth-order valence-electron chi connectivity index (χ4n) is 2.67. The Bertz CT molecular complexity index is 997. The second-order valence-corrected chi connectivity index (χ2v) is 8.37. The SMILES string of the molecule is Cc1cccc(COc2c(Br)cc(/C=C3\C(=O)NC(=S)N(C)C3=O)cc2Br)c1. The summed E-state index contributed by atoms with van der Waals surface area (Å²) in [5.41, 5.74) is 2.92. The van der Waals surface area contributed by atoms with E-state index in [1.165, 1.54) is 23.6 Å². The van der Waals surface area contributed by atoms with E-state index in [4.69, 9.17) is 17.0 Å². The normalized spacial score (nSPS) is 15.8. The molecular formula is C20H16Br2N2O3S. The van der Waals surface area contributed by atoms with Gasteiger partial charge in [0.1, 0.15) is 17.9 Å². The number of amides is 2. The van der Waals surface area contributed by atoms with E-state index >= 15 is 0 Å². The number of nitrogens with zero attached hydrogens (tertiary/aromatic N) is 1. The maximum Gasteiger partial charge on any atom is 0.265 e. The molecule has 0 aromatic heterocycles. The first-order valence-corrected chi connectivity index (χ1v) is 10.3. The van der Waals surface area contributed by atoms with Crippen LogP contribution in [0.25, 0.3) is 6.08 Å². The predicted molar refractivity (Wildman–Crippen MR) is 119 cm³/mol. The van der Waals surface area contributed by atoms with Crippen molar-refractivity contribution in [1.82, 2.24) is 10.2 Å². The van der Waals surface area contributed by atoms with Crippen molar-refractivity contribution in [2.24, 2.45) is 0 Å². The summed E-state index contributed by atoms with van der Waals surface area (Å²) < 4.78 is 7.35. The zero-order valence-corrected chi connectivity index (χ0v) is 19.1. The number of nitrogens with one attached hydrogen (secondary N) is 1. The number of ether oxygens (including phenoxy) is 1. The second-order valence-electron chi connectivity index (χ2n) is 6.27. The molecule has 1 heterocycles. The average Bonchev–Trinajstić information content (AvgIpc) is 2.63. The number of hydrogen-bond donors (Lipinski definition) is 1. The number of halogens is 2. The van der Waals surface area contributed by atoms with Gasteiger partial charge in [-0.2, -0.15) is 0 Å². The molecule has 0 saturated carbocycles. The highest BCUT2D eigenvalue weighted by molar-refractivity contribution is 9.11. The van der Waals surface area contributed by atoms with Crippen LogP contribution in [0, 0.1) is 6.92 Å². The molecule has 0 aliphatic carbocycles. The molecule has 2 aromatic rings. The Hall–Kier alpha value is -2.03. The fraction of sp³-hybridized carbons (Fsp3) is 0.150. The van der Waals surface area contributed by atoms with Crippen LogP contribution in [0.4, 0.5) is 0 Å². The monoisotopic (exact) mass is 522 g/mol. The lowest BCUT2D eigenvalue weighted by molar-refractivity contribution is -0.128. The maximum atomic E-state index is 12.3. The number of benzene rings is 2. The highest BCUT2D eigenvalue weighted by atomic mass is 79.9. The topological polar surface area (TPSA) is 58.6 Å². The minimum Gasteiger partial charge on any atom is -0.487 e. The van der Waals surface area contributed by atoms with Gasteiger partial charge in [0.25, 0.3) is 11.8 Å². The summed E-state index contributed by atoms with van der Waals surface area (Å²) in [6, 6.07) is 11.7. The van der Waals surface area contributed by atoms with Gasteiger partial charge < -0.3 is 4.74 Å². The van der Waals surface area contributed by atoms with Gasteiger partial charge in [0, 0.05) is 7.05 Å². The van der Waals surface area contributed by atoms with Gasteiger partial charge in [-0.1, -0.05) is 29.8 Å². The van der Waals surface area contributed by atoms with Gasteiger partial charge in [-0.05, 0) is 80.3 Å². The molecule has 1 aliphatic heterocycles. The molecule has 0 atom stereocenters. The van der Waals surface area contributed by atoms with Crippen molar-refractivity contribution in [2.75, 3.05) is 7.05 Å². The summed E-state index contributed by atoms with van der Waals surface area (Å²) in [6.45, 7) is 2.45. The van der Waals surface area contributed by atoms with Crippen LogP contribution in [0.2, 0.25) is 0 Å². The zero-order valence-electron chi connectivity index (χ0n) is 15.1. The van der Waals surface area contributed by atoms with Gasteiger partial charge in [-0.15, -0.1) is 0 Å². The van der Waals surface area contributed by atoms with Crippen molar-refractivity contribution in [2.45, 2.75) is 13.5 Å². The molecule has 1 N–H and O–H groups in total. The Kier molecular flexibility index (Phi) is 6.32.